The molecule has 2 atom stereocenters. The molecule has 21 heavy (non-hydrogen) atoms. The van der Waals surface area contributed by atoms with Gasteiger partial charge in [-0.05, 0) is 53.6 Å². The van der Waals surface area contributed by atoms with E-state index in [-0.39, 0.29) is 0 Å². The van der Waals surface area contributed by atoms with Gasteiger partial charge in [0.25, 0.3) is 0 Å². The van der Waals surface area contributed by atoms with Crippen LogP contribution in [-0.2, 0) is 6.18 Å². The van der Waals surface area contributed by atoms with Crippen LogP contribution in [0.3, 0.4) is 0 Å². The third kappa shape index (κ3) is 2.89. The fourth-order valence-corrected chi connectivity index (χ4v) is 2.70. The molecule has 0 N–H and O–H groups in total. The molecule has 1 fully saturated rings. The van der Waals surface area contributed by atoms with E-state index in [4.69, 9.17) is 4.74 Å². The molecule has 2 aromatic rings. The topological polar surface area (TPSA) is 9.23 Å². The van der Waals surface area contributed by atoms with Crippen LogP contribution < -0.4 is 4.74 Å². The van der Waals surface area contributed by atoms with Crippen LogP contribution >= 0.6 is 0 Å². The van der Waals surface area contributed by atoms with Crippen molar-refractivity contribution in [3.8, 4) is 5.75 Å². The second kappa shape index (κ2) is 5.10. The van der Waals surface area contributed by atoms with Crippen LogP contribution in [0.5, 0.6) is 5.75 Å². The summed E-state index contributed by atoms with van der Waals surface area (Å²) in [6.07, 6.45) is -3.28. The van der Waals surface area contributed by atoms with Gasteiger partial charge in [0.15, 0.2) is 0 Å². The quantitative estimate of drug-likeness (QED) is 0.774. The van der Waals surface area contributed by atoms with Gasteiger partial charge in [-0.2, -0.15) is 13.2 Å². The molecule has 110 valence electrons. The zero-order valence-electron chi connectivity index (χ0n) is 11.5. The van der Waals surface area contributed by atoms with Crippen LogP contribution in [0.15, 0.2) is 48.5 Å². The van der Waals surface area contributed by atoms with Gasteiger partial charge in [-0.15, -0.1) is 0 Å². The minimum atomic E-state index is -4.27. The number of hydrogen-bond donors (Lipinski definition) is 0. The lowest BCUT2D eigenvalue weighted by Crippen LogP contribution is -2.04. The Bertz CT molecular complexity index is 614. The number of halogens is 3. The molecule has 0 unspecified atom stereocenters. The van der Waals surface area contributed by atoms with E-state index in [1.807, 2.05) is 24.3 Å². The fourth-order valence-electron chi connectivity index (χ4n) is 2.70. The summed E-state index contributed by atoms with van der Waals surface area (Å²) in [6.45, 7) is 0. The maximum Gasteiger partial charge on any atom is 0.416 e. The lowest BCUT2D eigenvalue weighted by Gasteiger charge is -2.07. The second-order valence-corrected chi connectivity index (χ2v) is 5.34. The summed E-state index contributed by atoms with van der Waals surface area (Å²) >= 11 is 0. The number of alkyl halides is 3. The molecule has 0 aliphatic heterocycles. The minimum absolute atomic E-state index is 0.320. The molecule has 0 spiro atoms. The van der Waals surface area contributed by atoms with Crippen molar-refractivity contribution < 1.29 is 17.9 Å². The molecular formula is C17H15F3O. The Morgan fingerprint density at radius 1 is 0.857 bits per heavy atom. The van der Waals surface area contributed by atoms with Crippen molar-refractivity contribution in [2.75, 3.05) is 7.11 Å². The summed E-state index contributed by atoms with van der Waals surface area (Å²) in [6, 6.07) is 13.4. The molecule has 0 bridgehead atoms. The van der Waals surface area contributed by atoms with E-state index >= 15 is 0 Å². The van der Waals surface area contributed by atoms with Crippen LogP contribution in [-0.4, -0.2) is 7.11 Å². The smallest absolute Gasteiger partial charge is 0.416 e. The molecule has 0 amide bonds. The lowest BCUT2D eigenvalue weighted by molar-refractivity contribution is -0.137. The zero-order valence-corrected chi connectivity index (χ0v) is 11.5. The summed E-state index contributed by atoms with van der Waals surface area (Å²) in [5, 5.41) is 0. The molecule has 3 rings (SSSR count). The van der Waals surface area contributed by atoms with Gasteiger partial charge in [0.1, 0.15) is 5.75 Å². The molecule has 1 aliphatic rings. The molecule has 0 radical (unpaired) electrons. The van der Waals surface area contributed by atoms with Crippen molar-refractivity contribution in [2.24, 2.45) is 0 Å². The van der Waals surface area contributed by atoms with E-state index in [1.54, 1.807) is 19.2 Å². The van der Waals surface area contributed by atoms with Gasteiger partial charge in [0, 0.05) is 0 Å². The molecule has 0 heterocycles. The Kier molecular flexibility index (Phi) is 3.40. The van der Waals surface area contributed by atoms with Crippen molar-refractivity contribution in [2.45, 2.75) is 24.4 Å². The van der Waals surface area contributed by atoms with E-state index < -0.39 is 11.7 Å². The van der Waals surface area contributed by atoms with Gasteiger partial charge in [0.2, 0.25) is 0 Å². The minimum Gasteiger partial charge on any atom is -0.497 e. The third-order valence-electron chi connectivity index (χ3n) is 4.00. The van der Waals surface area contributed by atoms with Gasteiger partial charge >= 0.3 is 6.18 Å². The number of methoxy groups -OCH3 is 1. The van der Waals surface area contributed by atoms with E-state index in [9.17, 15) is 13.2 Å². The van der Waals surface area contributed by atoms with Crippen LogP contribution in [0.1, 0.15) is 34.9 Å². The number of ether oxygens (including phenoxy) is 1. The van der Waals surface area contributed by atoms with E-state index in [0.717, 1.165) is 17.7 Å². The summed E-state index contributed by atoms with van der Waals surface area (Å²) in [7, 11) is 1.62. The fraction of sp³-hybridized carbons (Fsp3) is 0.294. The van der Waals surface area contributed by atoms with E-state index in [0.29, 0.717) is 11.8 Å². The van der Waals surface area contributed by atoms with Gasteiger partial charge in [0.05, 0.1) is 12.7 Å². The summed E-state index contributed by atoms with van der Waals surface area (Å²) in [4.78, 5) is 0. The maximum absolute atomic E-state index is 12.5. The Hall–Kier alpha value is -1.97. The summed E-state index contributed by atoms with van der Waals surface area (Å²) in [5.41, 5.74) is 1.59. The Balaban J connectivity index is 1.72. The van der Waals surface area contributed by atoms with Gasteiger partial charge in [-0.1, -0.05) is 24.3 Å². The first kappa shape index (κ1) is 14.0. The summed E-state index contributed by atoms with van der Waals surface area (Å²) < 4.78 is 42.7. The molecule has 1 nitrogen and oxygen atoms in total. The lowest BCUT2D eigenvalue weighted by atomic mass is 10.0. The van der Waals surface area contributed by atoms with Crippen LogP contribution in [0, 0.1) is 0 Å². The molecule has 4 heteroatoms. The van der Waals surface area contributed by atoms with Crippen LogP contribution in [0.25, 0.3) is 0 Å². The molecule has 1 aliphatic carbocycles. The zero-order chi connectivity index (χ0) is 15.0. The van der Waals surface area contributed by atoms with Crippen molar-refractivity contribution in [3.63, 3.8) is 0 Å². The highest BCUT2D eigenvalue weighted by atomic mass is 19.4. The Labute approximate surface area is 121 Å². The van der Waals surface area contributed by atoms with Crippen LogP contribution in [0.2, 0.25) is 0 Å². The maximum atomic E-state index is 12.5. The van der Waals surface area contributed by atoms with Crippen molar-refractivity contribution in [3.05, 3.63) is 65.2 Å². The van der Waals surface area contributed by atoms with Crippen molar-refractivity contribution in [1.29, 1.82) is 0 Å². The van der Waals surface area contributed by atoms with Gasteiger partial charge < -0.3 is 4.74 Å². The average molecular weight is 292 g/mol. The van der Waals surface area contributed by atoms with Gasteiger partial charge in [-0.25, -0.2) is 0 Å². The molecular weight excluding hydrogens is 277 g/mol. The highest BCUT2D eigenvalue weighted by molar-refractivity contribution is 5.39. The standard InChI is InChI=1S/C17H15F3O/c1-21-14-8-4-12(5-9-14)16-10-15(16)11-2-6-13(7-3-11)17(18,19)20/h2-9,15-16H,10H2,1H3/t15-,16-/m0/s1. The normalized spacial score (nSPS) is 21.1. The second-order valence-electron chi connectivity index (χ2n) is 5.34. The molecule has 2 aromatic carbocycles. The SMILES string of the molecule is COc1ccc([C@@H]2C[C@H]2c2ccc(C(F)(F)F)cc2)cc1. The molecule has 1 saturated carbocycles. The molecule has 0 saturated heterocycles. The predicted molar refractivity (Wildman–Crippen MR) is 74.5 cm³/mol. The summed E-state index contributed by atoms with van der Waals surface area (Å²) in [5.74, 6) is 1.53. The third-order valence-corrected chi connectivity index (χ3v) is 4.00. The first-order chi connectivity index (χ1) is 9.99. The van der Waals surface area contributed by atoms with E-state index in [1.165, 1.54) is 17.7 Å². The monoisotopic (exact) mass is 292 g/mol. The van der Waals surface area contributed by atoms with Crippen molar-refractivity contribution >= 4 is 0 Å². The Morgan fingerprint density at radius 2 is 1.33 bits per heavy atom. The highest BCUT2D eigenvalue weighted by Gasteiger charge is 2.39. The highest BCUT2D eigenvalue weighted by Crippen LogP contribution is 2.54. The Morgan fingerprint density at radius 3 is 1.76 bits per heavy atom. The van der Waals surface area contributed by atoms with Crippen LogP contribution in [0.4, 0.5) is 13.2 Å². The van der Waals surface area contributed by atoms with Crippen molar-refractivity contribution in [1.82, 2.24) is 0 Å². The molecule has 0 aromatic heterocycles. The average Bonchev–Trinajstić information content (AvgIpc) is 3.27. The largest absolute Gasteiger partial charge is 0.497 e. The van der Waals surface area contributed by atoms with E-state index in [2.05, 4.69) is 0 Å². The number of benzene rings is 2. The predicted octanol–water partition coefficient (Wildman–Crippen LogP) is 4.99. The van der Waals surface area contributed by atoms with Gasteiger partial charge in [-0.3, -0.25) is 0 Å². The first-order valence-electron chi connectivity index (χ1n) is 6.80. The first-order valence-corrected chi connectivity index (χ1v) is 6.80. The number of hydrogen-bond acceptors (Lipinski definition) is 1. The number of rotatable bonds is 3.